The van der Waals surface area contributed by atoms with Crippen molar-refractivity contribution in [2.45, 2.75) is 25.8 Å². The van der Waals surface area contributed by atoms with Crippen LogP contribution in [0.25, 0.3) is 0 Å². The summed E-state index contributed by atoms with van der Waals surface area (Å²) < 4.78 is 13.6. The zero-order chi connectivity index (χ0) is 15.3. The van der Waals surface area contributed by atoms with E-state index in [0.717, 1.165) is 12.1 Å². The number of nitro benzene ring substituents is 1. The number of rotatable bonds is 6. The number of carboxylic acid groups (broad SMARTS) is 1. The molecule has 1 atom stereocenters. The van der Waals surface area contributed by atoms with Gasteiger partial charge in [-0.15, -0.1) is 0 Å². The largest absolute Gasteiger partial charge is 0.480 e. The molecule has 1 aromatic carbocycles. The van der Waals surface area contributed by atoms with Gasteiger partial charge < -0.3 is 10.4 Å². The Balaban J connectivity index is 2.92. The molecule has 108 valence electrons. The van der Waals surface area contributed by atoms with Crippen LogP contribution < -0.4 is 5.32 Å². The molecule has 2 N–H and O–H groups in total. The van der Waals surface area contributed by atoms with Gasteiger partial charge in [-0.05, 0) is 12.5 Å². The molecule has 0 unspecified atom stereocenters. The van der Waals surface area contributed by atoms with Crippen molar-refractivity contribution in [3.63, 3.8) is 0 Å². The smallest absolute Gasteiger partial charge is 0.326 e. The van der Waals surface area contributed by atoms with E-state index in [2.05, 4.69) is 5.32 Å². The second-order valence-corrected chi connectivity index (χ2v) is 4.07. The molecule has 0 aliphatic carbocycles. The van der Waals surface area contributed by atoms with Gasteiger partial charge in [-0.25, -0.2) is 9.18 Å². The third-order valence-electron chi connectivity index (χ3n) is 2.59. The molecule has 0 aromatic heterocycles. The van der Waals surface area contributed by atoms with Crippen LogP contribution in [0, 0.1) is 15.9 Å². The van der Waals surface area contributed by atoms with Gasteiger partial charge in [-0.3, -0.25) is 14.9 Å². The molecule has 0 saturated carbocycles. The van der Waals surface area contributed by atoms with Crippen LogP contribution in [0.1, 0.15) is 30.1 Å². The summed E-state index contributed by atoms with van der Waals surface area (Å²) >= 11 is 0. The van der Waals surface area contributed by atoms with E-state index < -0.39 is 39.9 Å². The number of carboxylic acids is 1. The highest BCUT2D eigenvalue weighted by Crippen LogP contribution is 2.16. The average Bonchev–Trinajstić information content (AvgIpc) is 2.37. The van der Waals surface area contributed by atoms with Gasteiger partial charge in [0.05, 0.1) is 16.6 Å². The number of nitro groups is 1. The molecule has 0 spiro atoms. The Hall–Kier alpha value is -2.51. The lowest BCUT2D eigenvalue weighted by Gasteiger charge is -2.13. The van der Waals surface area contributed by atoms with Gasteiger partial charge in [0, 0.05) is 6.07 Å². The summed E-state index contributed by atoms with van der Waals surface area (Å²) in [4.78, 5) is 32.3. The first-order valence-electron chi connectivity index (χ1n) is 5.84. The number of aliphatic carboxylic acids is 1. The molecule has 7 nitrogen and oxygen atoms in total. The quantitative estimate of drug-likeness (QED) is 0.610. The van der Waals surface area contributed by atoms with Crippen molar-refractivity contribution in [1.82, 2.24) is 5.32 Å². The maximum atomic E-state index is 13.6. The van der Waals surface area contributed by atoms with Crippen molar-refractivity contribution in [3.8, 4) is 0 Å². The van der Waals surface area contributed by atoms with E-state index in [1.54, 1.807) is 6.92 Å². The number of nitrogens with zero attached hydrogens (tertiary/aromatic N) is 1. The minimum absolute atomic E-state index is 0.204. The molecule has 0 heterocycles. The average molecular weight is 284 g/mol. The highest BCUT2D eigenvalue weighted by atomic mass is 19.1. The standard InChI is InChI=1S/C12H13FN2O5/c1-2-3-10(12(17)18)14-11(16)8-5-4-7(15(19)20)6-9(8)13/h4-6,10H,2-3H2,1H3,(H,14,16)(H,17,18)/t10-/m0/s1. The summed E-state index contributed by atoms with van der Waals surface area (Å²) in [5.74, 6) is -3.21. The van der Waals surface area contributed by atoms with Gasteiger partial charge in [0.2, 0.25) is 0 Å². The molecule has 0 bridgehead atoms. The van der Waals surface area contributed by atoms with Gasteiger partial charge in [0.15, 0.2) is 0 Å². The molecule has 1 amide bonds. The maximum Gasteiger partial charge on any atom is 0.326 e. The normalized spacial score (nSPS) is 11.7. The molecule has 0 fully saturated rings. The van der Waals surface area contributed by atoms with E-state index in [4.69, 9.17) is 5.11 Å². The number of nitrogens with one attached hydrogen (secondary N) is 1. The molecule has 8 heteroatoms. The number of benzene rings is 1. The zero-order valence-corrected chi connectivity index (χ0v) is 10.6. The Bertz CT molecular complexity index is 547. The zero-order valence-electron chi connectivity index (χ0n) is 10.6. The molecule has 1 rings (SSSR count). The fourth-order valence-corrected chi connectivity index (χ4v) is 1.58. The topological polar surface area (TPSA) is 110 Å². The number of carbonyl (C=O) groups is 2. The van der Waals surface area contributed by atoms with E-state index in [9.17, 15) is 24.1 Å². The third-order valence-corrected chi connectivity index (χ3v) is 2.59. The Morgan fingerprint density at radius 1 is 1.50 bits per heavy atom. The molecular weight excluding hydrogens is 271 g/mol. The minimum Gasteiger partial charge on any atom is -0.480 e. The van der Waals surface area contributed by atoms with E-state index >= 15 is 0 Å². The number of amides is 1. The van der Waals surface area contributed by atoms with E-state index in [0.29, 0.717) is 12.5 Å². The first kappa shape index (κ1) is 15.5. The first-order valence-corrected chi connectivity index (χ1v) is 5.84. The van der Waals surface area contributed by atoms with Crippen LogP contribution in [0.3, 0.4) is 0 Å². The Labute approximate surface area is 113 Å². The van der Waals surface area contributed by atoms with Crippen LogP contribution in [0.5, 0.6) is 0 Å². The molecular formula is C12H13FN2O5. The molecule has 20 heavy (non-hydrogen) atoms. The fraction of sp³-hybridized carbons (Fsp3) is 0.333. The number of carbonyl (C=O) groups excluding carboxylic acids is 1. The molecule has 1 aromatic rings. The van der Waals surface area contributed by atoms with Gasteiger partial charge in [0.25, 0.3) is 11.6 Å². The van der Waals surface area contributed by atoms with E-state index in [1.807, 2.05) is 0 Å². The van der Waals surface area contributed by atoms with Crippen LogP contribution in [-0.2, 0) is 4.79 Å². The SMILES string of the molecule is CCC[C@H](NC(=O)c1ccc([N+](=O)[O-])cc1F)C(=O)O. The second-order valence-electron chi connectivity index (χ2n) is 4.07. The predicted molar refractivity (Wildman–Crippen MR) is 66.9 cm³/mol. The number of halogens is 1. The highest BCUT2D eigenvalue weighted by molar-refractivity contribution is 5.97. The van der Waals surface area contributed by atoms with Gasteiger partial charge in [0.1, 0.15) is 11.9 Å². The lowest BCUT2D eigenvalue weighted by atomic mass is 10.1. The molecule has 0 aliphatic rings. The number of hydrogen-bond acceptors (Lipinski definition) is 4. The van der Waals surface area contributed by atoms with Crippen LogP contribution in [0.2, 0.25) is 0 Å². The number of non-ortho nitro benzene ring substituents is 1. The van der Waals surface area contributed by atoms with Gasteiger partial charge >= 0.3 is 5.97 Å². The monoisotopic (exact) mass is 284 g/mol. The maximum absolute atomic E-state index is 13.6. The van der Waals surface area contributed by atoms with Crippen LogP contribution in [0.4, 0.5) is 10.1 Å². The summed E-state index contributed by atoms with van der Waals surface area (Å²) in [6.45, 7) is 1.74. The van der Waals surface area contributed by atoms with Crippen LogP contribution >= 0.6 is 0 Å². The first-order chi connectivity index (χ1) is 9.36. The molecule has 0 aliphatic heterocycles. The minimum atomic E-state index is -1.22. The van der Waals surface area contributed by atoms with Crippen molar-refractivity contribution in [3.05, 3.63) is 39.7 Å². The molecule has 0 radical (unpaired) electrons. The Kier molecular flexibility index (Phi) is 5.13. The van der Waals surface area contributed by atoms with Crippen molar-refractivity contribution in [1.29, 1.82) is 0 Å². The summed E-state index contributed by atoms with van der Waals surface area (Å²) in [6, 6.07) is 1.42. The Morgan fingerprint density at radius 2 is 2.15 bits per heavy atom. The summed E-state index contributed by atoms with van der Waals surface area (Å²) in [5.41, 5.74) is -0.916. The fourth-order valence-electron chi connectivity index (χ4n) is 1.58. The van der Waals surface area contributed by atoms with Crippen LogP contribution in [-0.4, -0.2) is 27.9 Å². The third kappa shape index (κ3) is 3.74. The van der Waals surface area contributed by atoms with Gasteiger partial charge in [-0.1, -0.05) is 13.3 Å². The van der Waals surface area contributed by atoms with E-state index in [-0.39, 0.29) is 6.42 Å². The summed E-state index contributed by atoms with van der Waals surface area (Å²) in [7, 11) is 0. The van der Waals surface area contributed by atoms with Crippen molar-refractivity contribution in [2.75, 3.05) is 0 Å². The molecule has 0 saturated heterocycles. The van der Waals surface area contributed by atoms with E-state index in [1.165, 1.54) is 0 Å². The summed E-state index contributed by atoms with van der Waals surface area (Å²) in [6.07, 6.45) is 0.732. The second kappa shape index (κ2) is 6.60. The lowest BCUT2D eigenvalue weighted by molar-refractivity contribution is -0.385. The summed E-state index contributed by atoms with van der Waals surface area (Å²) in [5, 5.41) is 21.5. The van der Waals surface area contributed by atoms with Gasteiger partial charge in [-0.2, -0.15) is 0 Å². The Morgan fingerprint density at radius 3 is 2.60 bits per heavy atom. The predicted octanol–water partition coefficient (Wildman–Crippen LogP) is 1.72. The van der Waals surface area contributed by atoms with Crippen LogP contribution in [0.15, 0.2) is 18.2 Å². The lowest BCUT2D eigenvalue weighted by Crippen LogP contribution is -2.40. The van der Waals surface area contributed by atoms with Crippen molar-refractivity contribution < 1.29 is 24.0 Å². The highest BCUT2D eigenvalue weighted by Gasteiger charge is 2.22. The van der Waals surface area contributed by atoms with Crippen molar-refractivity contribution in [2.24, 2.45) is 0 Å². The number of hydrogen-bond donors (Lipinski definition) is 2. The van der Waals surface area contributed by atoms with Crippen molar-refractivity contribution >= 4 is 17.6 Å².